The van der Waals surface area contributed by atoms with Gasteiger partial charge in [-0.2, -0.15) is 0 Å². The fourth-order valence-electron chi connectivity index (χ4n) is 2.46. The van der Waals surface area contributed by atoms with Crippen LogP contribution in [0.3, 0.4) is 0 Å². The number of urea groups is 1. The van der Waals surface area contributed by atoms with Gasteiger partial charge in [-0.05, 0) is 30.5 Å². The van der Waals surface area contributed by atoms with Crippen LogP contribution >= 0.6 is 0 Å². The van der Waals surface area contributed by atoms with Gasteiger partial charge in [0.1, 0.15) is 0 Å². The summed E-state index contributed by atoms with van der Waals surface area (Å²) in [5, 5.41) is 2.79. The first-order valence-corrected chi connectivity index (χ1v) is 7.45. The van der Waals surface area contributed by atoms with Gasteiger partial charge in [0.25, 0.3) is 0 Å². The summed E-state index contributed by atoms with van der Waals surface area (Å²) in [4.78, 5) is 25.3. The molecule has 1 aliphatic rings. The number of hydrogen-bond donors (Lipinski definition) is 1. The van der Waals surface area contributed by atoms with Crippen molar-refractivity contribution in [1.29, 1.82) is 0 Å². The fraction of sp³-hybridized carbons (Fsp3) is 0.500. The van der Waals surface area contributed by atoms with Gasteiger partial charge in [-0.1, -0.05) is 12.5 Å². The predicted octanol–water partition coefficient (Wildman–Crippen LogP) is 2.32. The van der Waals surface area contributed by atoms with E-state index in [-0.39, 0.29) is 11.9 Å². The van der Waals surface area contributed by atoms with Gasteiger partial charge in [0.15, 0.2) is 11.5 Å². The highest BCUT2D eigenvalue weighted by molar-refractivity contribution is 5.94. The third-order valence-electron chi connectivity index (χ3n) is 3.71. The average molecular weight is 306 g/mol. The Morgan fingerprint density at radius 2 is 1.95 bits per heavy atom. The third kappa shape index (κ3) is 3.90. The van der Waals surface area contributed by atoms with Gasteiger partial charge in [0, 0.05) is 19.5 Å². The van der Waals surface area contributed by atoms with Crippen LogP contribution in [0.15, 0.2) is 18.2 Å². The van der Waals surface area contributed by atoms with Crippen LogP contribution in [0.25, 0.3) is 0 Å². The number of nitrogens with one attached hydrogen (secondary N) is 1. The lowest BCUT2D eigenvalue weighted by atomic mass is 10.2. The minimum absolute atomic E-state index is 0.0951. The number of likely N-dealkylation sites (tertiary alicyclic amines) is 1. The molecule has 3 amide bonds. The summed E-state index contributed by atoms with van der Waals surface area (Å²) in [6, 6.07) is 5.12. The van der Waals surface area contributed by atoms with Crippen molar-refractivity contribution in [3.63, 3.8) is 0 Å². The number of benzene rings is 1. The van der Waals surface area contributed by atoms with Crippen LogP contribution in [-0.2, 0) is 11.3 Å². The molecule has 1 N–H and O–H groups in total. The van der Waals surface area contributed by atoms with Crippen molar-refractivity contribution in [1.82, 2.24) is 10.2 Å². The summed E-state index contributed by atoms with van der Waals surface area (Å²) in [6.07, 6.45) is 3.17. The van der Waals surface area contributed by atoms with Gasteiger partial charge in [-0.3, -0.25) is 9.69 Å². The van der Waals surface area contributed by atoms with Crippen LogP contribution in [0.4, 0.5) is 4.79 Å². The monoisotopic (exact) mass is 306 g/mol. The van der Waals surface area contributed by atoms with Gasteiger partial charge < -0.3 is 14.8 Å². The van der Waals surface area contributed by atoms with E-state index in [1.54, 1.807) is 20.3 Å². The van der Waals surface area contributed by atoms with E-state index >= 15 is 0 Å². The van der Waals surface area contributed by atoms with Crippen molar-refractivity contribution in [2.24, 2.45) is 0 Å². The van der Waals surface area contributed by atoms with Crippen LogP contribution in [0.1, 0.15) is 31.2 Å². The Hall–Kier alpha value is -2.24. The molecular formula is C16H22N2O4. The fourth-order valence-corrected chi connectivity index (χ4v) is 2.46. The van der Waals surface area contributed by atoms with Crippen molar-refractivity contribution in [2.45, 2.75) is 32.2 Å². The lowest BCUT2D eigenvalue weighted by Gasteiger charge is -2.19. The van der Waals surface area contributed by atoms with Gasteiger partial charge >= 0.3 is 6.03 Å². The van der Waals surface area contributed by atoms with Crippen molar-refractivity contribution in [3.05, 3.63) is 23.8 Å². The molecule has 1 aliphatic heterocycles. The number of carbonyl (C=O) groups excluding carboxylic acids is 2. The summed E-state index contributed by atoms with van der Waals surface area (Å²) < 4.78 is 10.4. The molecule has 1 fully saturated rings. The number of ether oxygens (including phenoxy) is 2. The van der Waals surface area contributed by atoms with Gasteiger partial charge in [0.05, 0.1) is 14.2 Å². The van der Waals surface area contributed by atoms with Crippen molar-refractivity contribution < 1.29 is 19.1 Å². The molecule has 1 aromatic rings. The number of rotatable bonds is 4. The van der Waals surface area contributed by atoms with E-state index in [1.807, 2.05) is 12.1 Å². The van der Waals surface area contributed by atoms with Crippen molar-refractivity contribution in [3.8, 4) is 11.5 Å². The molecule has 6 nitrogen and oxygen atoms in total. The minimum Gasteiger partial charge on any atom is -0.493 e. The quantitative estimate of drug-likeness (QED) is 0.927. The highest BCUT2D eigenvalue weighted by atomic mass is 16.5. The van der Waals surface area contributed by atoms with Crippen molar-refractivity contribution in [2.75, 3.05) is 20.8 Å². The molecule has 0 aliphatic carbocycles. The molecule has 6 heteroatoms. The number of methoxy groups -OCH3 is 2. The first kappa shape index (κ1) is 16.1. The maximum Gasteiger partial charge on any atom is 0.324 e. The summed E-state index contributed by atoms with van der Waals surface area (Å²) >= 11 is 0. The summed E-state index contributed by atoms with van der Waals surface area (Å²) in [6.45, 7) is 0.833. The topological polar surface area (TPSA) is 67.9 Å². The second-order valence-corrected chi connectivity index (χ2v) is 5.20. The number of hydrogen-bond acceptors (Lipinski definition) is 4. The van der Waals surface area contributed by atoms with Crippen LogP contribution in [-0.4, -0.2) is 37.6 Å². The van der Waals surface area contributed by atoms with Crippen LogP contribution in [0.2, 0.25) is 0 Å². The molecule has 2 rings (SSSR count). The van der Waals surface area contributed by atoms with E-state index in [0.717, 1.165) is 24.8 Å². The number of amides is 3. The van der Waals surface area contributed by atoms with Crippen LogP contribution in [0, 0.1) is 0 Å². The minimum atomic E-state index is -0.332. The zero-order chi connectivity index (χ0) is 15.9. The zero-order valence-electron chi connectivity index (χ0n) is 13.1. The lowest BCUT2D eigenvalue weighted by Crippen LogP contribution is -2.43. The van der Waals surface area contributed by atoms with E-state index in [1.165, 1.54) is 4.90 Å². The van der Waals surface area contributed by atoms with Gasteiger partial charge in [-0.15, -0.1) is 0 Å². The summed E-state index contributed by atoms with van der Waals surface area (Å²) in [5.41, 5.74) is 0.883. The van der Waals surface area contributed by atoms with Gasteiger partial charge in [0.2, 0.25) is 5.91 Å². The van der Waals surface area contributed by atoms with E-state index in [9.17, 15) is 9.59 Å². The Bertz CT molecular complexity index is 545. The number of imide groups is 1. The highest BCUT2D eigenvalue weighted by Crippen LogP contribution is 2.27. The van der Waals surface area contributed by atoms with E-state index in [2.05, 4.69) is 5.32 Å². The Morgan fingerprint density at radius 1 is 1.18 bits per heavy atom. The first-order valence-electron chi connectivity index (χ1n) is 7.45. The standard InChI is InChI=1S/C16H22N2O4/c1-21-13-8-7-12(10-14(13)22-2)11-17-16(20)18-9-5-3-4-6-15(18)19/h7-8,10H,3-6,9,11H2,1-2H3,(H,17,20). The largest absolute Gasteiger partial charge is 0.493 e. The van der Waals surface area contributed by atoms with E-state index < -0.39 is 0 Å². The first-order chi connectivity index (χ1) is 10.7. The molecular weight excluding hydrogens is 284 g/mol. The summed E-state index contributed by atoms with van der Waals surface area (Å²) in [7, 11) is 3.14. The van der Waals surface area contributed by atoms with Crippen LogP contribution in [0.5, 0.6) is 11.5 Å². The SMILES string of the molecule is COc1ccc(CNC(=O)N2CCCCCC2=O)cc1OC. The number of carbonyl (C=O) groups is 2. The van der Waals surface area contributed by atoms with E-state index in [4.69, 9.17) is 9.47 Å². The molecule has 0 saturated carbocycles. The Kier molecular flexibility index (Phi) is 5.63. The molecule has 1 heterocycles. The summed E-state index contributed by atoms with van der Waals surface area (Å²) in [5.74, 6) is 1.16. The van der Waals surface area contributed by atoms with Crippen molar-refractivity contribution >= 4 is 11.9 Å². The second kappa shape index (κ2) is 7.68. The molecule has 0 unspecified atom stereocenters. The molecule has 0 aromatic heterocycles. The molecule has 0 spiro atoms. The Balaban J connectivity index is 1.97. The molecule has 120 valence electrons. The smallest absolute Gasteiger partial charge is 0.324 e. The molecule has 1 aromatic carbocycles. The molecule has 0 radical (unpaired) electrons. The predicted molar refractivity (Wildman–Crippen MR) is 82.0 cm³/mol. The van der Waals surface area contributed by atoms with Gasteiger partial charge in [-0.25, -0.2) is 4.79 Å². The molecule has 22 heavy (non-hydrogen) atoms. The normalized spacial score (nSPS) is 15.2. The van der Waals surface area contributed by atoms with Crippen LogP contribution < -0.4 is 14.8 Å². The Labute approximate surface area is 130 Å². The highest BCUT2D eigenvalue weighted by Gasteiger charge is 2.22. The zero-order valence-corrected chi connectivity index (χ0v) is 13.1. The second-order valence-electron chi connectivity index (χ2n) is 5.20. The third-order valence-corrected chi connectivity index (χ3v) is 3.71. The molecule has 1 saturated heterocycles. The van der Waals surface area contributed by atoms with E-state index in [0.29, 0.717) is 31.0 Å². The number of nitrogens with zero attached hydrogens (tertiary/aromatic N) is 1. The Morgan fingerprint density at radius 3 is 2.68 bits per heavy atom. The average Bonchev–Trinajstić information content (AvgIpc) is 2.76. The maximum atomic E-state index is 12.2. The molecule has 0 atom stereocenters. The lowest BCUT2D eigenvalue weighted by molar-refractivity contribution is -0.127. The maximum absolute atomic E-state index is 12.2. The molecule has 0 bridgehead atoms.